The van der Waals surface area contributed by atoms with Crippen molar-refractivity contribution in [2.24, 2.45) is 16.8 Å². The Balaban J connectivity index is 1.89. The van der Waals surface area contributed by atoms with Gasteiger partial charge in [-0.05, 0) is 62.9 Å². The summed E-state index contributed by atoms with van der Waals surface area (Å²) in [6.07, 6.45) is 0.391. The number of aliphatic imine (C=N–C) groups is 1. The van der Waals surface area contributed by atoms with Gasteiger partial charge < -0.3 is 14.2 Å². The largest absolute Gasteiger partial charge is 0.497 e. The van der Waals surface area contributed by atoms with Crippen molar-refractivity contribution in [3.63, 3.8) is 0 Å². The highest BCUT2D eigenvalue weighted by Gasteiger charge is 2.53. The van der Waals surface area contributed by atoms with Crippen LogP contribution in [0.25, 0.3) is 0 Å². The predicted octanol–water partition coefficient (Wildman–Crippen LogP) is 4.93. The minimum Gasteiger partial charge on any atom is -0.497 e. The van der Waals surface area contributed by atoms with Crippen LogP contribution in [-0.4, -0.2) is 43.8 Å². The monoisotopic (exact) mass is 503 g/mol. The summed E-state index contributed by atoms with van der Waals surface area (Å²) in [6, 6.07) is 15.1. The molecule has 1 aliphatic carbocycles. The van der Waals surface area contributed by atoms with Gasteiger partial charge in [0.15, 0.2) is 5.78 Å². The number of methoxy groups -OCH3 is 1. The van der Waals surface area contributed by atoms with Crippen LogP contribution < -0.4 is 4.74 Å². The second kappa shape index (κ2) is 11.1. The number of hydrogen-bond acceptors (Lipinski definition) is 7. The smallest absolute Gasteiger partial charge is 0.336 e. The van der Waals surface area contributed by atoms with Gasteiger partial charge >= 0.3 is 11.9 Å². The van der Waals surface area contributed by atoms with E-state index >= 15 is 0 Å². The van der Waals surface area contributed by atoms with Gasteiger partial charge in [0.2, 0.25) is 0 Å². The number of nitrogens with zero attached hydrogens (tertiary/aromatic N) is 1. The molecule has 0 aromatic heterocycles. The third-order valence-electron chi connectivity index (χ3n) is 7.25. The molecule has 0 amide bonds. The zero-order valence-corrected chi connectivity index (χ0v) is 21.9. The number of rotatable bonds is 7. The number of fused-ring (bicyclic) bond motifs is 1. The summed E-state index contributed by atoms with van der Waals surface area (Å²) >= 11 is 0. The number of benzene rings is 2. The number of Topliss-reactive ketones (excluding diaryl/α,β-unsaturated/α-hetero) is 1. The molecule has 2 aliphatic rings. The van der Waals surface area contributed by atoms with Crippen molar-refractivity contribution in [3.8, 4) is 5.75 Å². The minimum atomic E-state index is -1.02. The minimum absolute atomic E-state index is 0.165. The molecular formula is C30H33NO6. The van der Waals surface area contributed by atoms with E-state index in [2.05, 4.69) is 0 Å². The van der Waals surface area contributed by atoms with Crippen LogP contribution in [0.5, 0.6) is 5.75 Å². The number of aryl methyl sites for hydroxylation is 1. The Bertz CT molecular complexity index is 1260. The number of allylic oxidation sites excluding steroid dienone is 1. The molecule has 7 nitrogen and oxygen atoms in total. The molecule has 1 unspecified atom stereocenters. The lowest BCUT2D eigenvalue weighted by Crippen LogP contribution is -2.48. The number of carbonyl (C=O) groups excluding carboxylic acids is 3. The first-order valence-corrected chi connectivity index (χ1v) is 12.7. The van der Waals surface area contributed by atoms with E-state index in [0.29, 0.717) is 29.2 Å². The maximum Gasteiger partial charge on any atom is 0.336 e. The fourth-order valence-electron chi connectivity index (χ4n) is 5.59. The van der Waals surface area contributed by atoms with Gasteiger partial charge in [-0.2, -0.15) is 0 Å². The molecule has 37 heavy (non-hydrogen) atoms. The van der Waals surface area contributed by atoms with Gasteiger partial charge in [-0.3, -0.25) is 14.6 Å². The number of hydrogen-bond donors (Lipinski definition) is 0. The van der Waals surface area contributed by atoms with Gasteiger partial charge in [0.05, 0.1) is 31.8 Å². The van der Waals surface area contributed by atoms with E-state index in [1.807, 2.05) is 55.5 Å². The number of ether oxygens (including phenoxy) is 3. The molecule has 1 saturated carbocycles. The standard InChI is InChI=1S/C30H33NO6/c1-6-36-29(33)24-18(4)31-23-16-22(19-12-14-20(35-5)15-13-19)26(30(34)37-7-2)28(32)27(23)25(24)21-11-9-8-10-17(21)3/h8-15,22,25-27H,6-7,16H2,1-5H3/t22-,25+,26+,27?/m0/s1. The van der Waals surface area contributed by atoms with E-state index in [0.717, 1.165) is 16.7 Å². The van der Waals surface area contributed by atoms with Crippen LogP contribution in [0.4, 0.5) is 0 Å². The quantitative estimate of drug-likeness (QED) is 0.393. The molecule has 2 aromatic rings. The highest BCUT2D eigenvalue weighted by molar-refractivity contribution is 6.17. The third-order valence-corrected chi connectivity index (χ3v) is 7.25. The van der Waals surface area contributed by atoms with Crippen molar-refractivity contribution in [2.75, 3.05) is 20.3 Å². The van der Waals surface area contributed by atoms with E-state index in [1.165, 1.54) is 0 Å². The molecular weight excluding hydrogens is 470 g/mol. The Morgan fingerprint density at radius 1 is 0.946 bits per heavy atom. The molecule has 4 rings (SSSR count). The lowest BCUT2D eigenvalue weighted by atomic mass is 9.62. The molecule has 0 bridgehead atoms. The van der Waals surface area contributed by atoms with Crippen LogP contribution in [-0.2, 0) is 23.9 Å². The third kappa shape index (κ3) is 4.95. The second-order valence-electron chi connectivity index (χ2n) is 9.35. The molecule has 7 heteroatoms. The Labute approximate surface area is 217 Å². The van der Waals surface area contributed by atoms with Crippen LogP contribution in [0.1, 0.15) is 55.7 Å². The highest BCUT2D eigenvalue weighted by atomic mass is 16.5. The lowest BCUT2D eigenvalue weighted by molar-refractivity contribution is -0.153. The Kier molecular flexibility index (Phi) is 7.91. The molecule has 1 heterocycles. The fourth-order valence-corrected chi connectivity index (χ4v) is 5.59. The second-order valence-corrected chi connectivity index (χ2v) is 9.35. The van der Waals surface area contributed by atoms with E-state index < -0.39 is 35.6 Å². The Morgan fingerprint density at radius 2 is 1.62 bits per heavy atom. The lowest BCUT2D eigenvalue weighted by Gasteiger charge is -2.41. The Morgan fingerprint density at radius 3 is 2.24 bits per heavy atom. The van der Waals surface area contributed by atoms with Crippen LogP contribution in [0.2, 0.25) is 0 Å². The van der Waals surface area contributed by atoms with Crippen molar-refractivity contribution in [1.82, 2.24) is 0 Å². The van der Waals surface area contributed by atoms with E-state index in [4.69, 9.17) is 19.2 Å². The number of esters is 2. The van der Waals surface area contributed by atoms with Crippen molar-refractivity contribution in [1.29, 1.82) is 0 Å². The highest BCUT2D eigenvalue weighted by Crippen LogP contribution is 2.49. The normalized spacial score (nSPS) is 23.2. The topological polar surface area (TPSA) is 91.3 Å². The first-order chi connectivity index (χ1) is 17.8. The molecule has 194 valence electrons. The van der Waals surface area contributed by atoms with Crippen molar-refractivity contribution in [3.05, 3.63) is 76.5 Å². The van der Waals surface area contributed by atoms with Crippen molar-refractivity contribution >= 4 is 23.4 Å². The average Bonchev–Trinajstić information content (AvgIpc) is 2.88. The summed E-state index contributed by atoms with van der Waals surface area (Å²) in [5, 5.41) is 0. The molecule has 0 radical (unpaired) electrons. The van der Waals surface area contributed by atoms with E-state index in [9.17, 15) is 14.4 Å². The fraction of sp³-hybridized carbons (Fsp3) is 0.400. The zero-order valence-electron chi connectivity index (χ0n) is 21.9. The molecule has 4 atom stereocenters. The maximum atomic E-state index is 14.3. The van der Waals surface area contributed by atoms with E-state index in [-0.39, 0.29) is 19.0 Å². The van der Waals surface area contributed by atoms with E-state index in [1.54, 1.807) is 27.9 Å². The molecule has 1 aliphatic heterocycles. The summed E-state index contributed by atoms with van der Waals surface area (Å²) in [6.45, 7) is 7.58. The van der Waals surface area contributed by atoms with Crippen molar-refractivity contribution < 1.29 is 28.6 Å². The summed E-state index contributed by atoms with van der Waals surface area (Å²) in [5.41, 5.74) is 4.20. The zero-order chi connectivity index (χ0) is 26.7. The summed E-state index contributed by atoms with van der Waals surface area (Å²) in [7, 11) is 1.59. The molecule has 0 saturated heterocycles. The summed E-state index contributed by atoms with van der Waals surface area (Å²) in [5.74, 6) is -3.49. The van der Waals surface area contributed by atoms with Gasteiger partial charge in [0, 0.05) is 23.2 Å². The van der Waals surface area contributed by atoms with Crippen LogP contribution in [0.15, 0.2) is 64.8 Å². The Hall–Kier alpha value is -3.74. The van der Waals surface area contributed by atoms with Gasteiger partial charge in [-0.15, -0.1) is 0 Å². The first kappa shape index (κ1) is 26.3. The molecule has 0 N–H and O–H groups in total. The van der Waals surface area contributed by atoms with Crippen LogP contribution in [0, 0.1) is 18.8 Å². The van der Waals surface area contributed by atoms with Gasteiger partial charge in [-0.1, -0.05) is 36.4 Å². The average molecular weight is 504 g/mol. The number of carbonyl (C=O) groups is 3. The van der Waals surface area contributed by atoms with Gasteiger partial charge in [0.25, 0.3) is 0 Å². The van der Waals surface area contributed by atoms with Gasteiger partial charge in [-0.25, -0.2) is 4.79 Å². The number of ketones is 1. The molecule has 1 fully saturated rings. The first-order valence-electron chi connectivity index (χ1n) is 12.7. The summed E-state index contributed by atoms with van der Waals surface area (Å²) in [4.78, 5) is 45.6. The van der Waals surface area contributed by atoms with Crippen LogP contribution >= 0.6 is 0 Å². The van der Waals surface area contributed by atoms with Gasteiger partial charge in [0.1, 0.15) is 11.7 Å². The summed E-state index contributed by atoms with van der Waals surface area (Å²) < 4.78 is 16.1. The predicted molar refractivity (Wildman–Crippen MR) is 140 cm³/mol. The SMILES string of the molecule is CCOC(=O)C1=C(C)N=C2C[C@@H](c3ccc(OC)cc3)[C@@H](C(=O)OCC)C(=O)C2[C@@H]1c1ccccc1C. The molecule has 0 spiro atoms. The maximum absolute atomic E-state index is 14.3. The van der Waals surface area contributed by atoms with Crippen LogP contribution in [0.3, 0.4) is 0 Å². The molecule has 2 aromatic carbocycles. The van der Waals surface area contributed by atoms with Crippen molar-refractivity contribution in [2.45, 2.75) is 46.0 Å².